The van der Waals surface area contributed by atoms with Gasteiger partial charge >= 0.3 is 0 Å². The van der Waals surface area contributed by atoms with E-state index in [0.29, 0.717) is 21.9 Å². The van der Waals surface area contributed by atoms with Gasteiger partial charge in [0.15, 0.2) is 11.4 Å². The minimum atomic E-state index is -0.314. The maximum Gasteiger partial charge on any atom is 0.220 e. The van der Waals surface area contributed by atoms with Crippen molar-refractivity contribution in [3.8, 4) is 0 Å². The fourth-order valence-corrected chi connectivity index (χ4v) is 2.38. The zero-order valence-electron chi connectivity index (χ0n) is 12.3. The summed E-state index contributed by atoms with van der Waals surface area (Å²) in [5.74, 6) is 0. The highest BCUT2D eigenvalue weighted by molar-refractivity contribution is 5.79. The van der Waals surface area contributed by atoms with Crippen molar-refractivity contribution in [2.75, 3.05) is 0 Å². The maximum atomic E-state index is 12.3. The first-order valence-corrected chi connectivity index (χ1v) is 7.17. The van der Waals surface area contributed by atoms with Crippen LogP contribution in [0.1, 0.15) is 0 Å². The van der Waals surface area contributed by atoms with E-state index >= 15 is 0 Å². The smallest absolute Gasteiger partial charge is 0.220 e. The first-order valence-electron chi connectivity index (χ1n) is 7.17. The van der Waals surface area contributed by atoms with E-state index in [9.17, 15) is 9.59 Å². The molecule has 0 saturated carbocycles. The molecule has 0 atom stereocenters. The van der Waals surface area contributed by atoms with Crippen molar-refractivity contribution in [1.82, 2.24) is 0 Å². The Bertz CT molecular complexity index is 1110. The molecule has 0 aliphatic heterocycles. The van der Waals surface area contributed by atoms with E-state index < -0.39 is 0 Å². The Morgan fingerprint density at radius 2 is 1.04 bits per heavy atom. The van der Waals surface area contributed by atoms with Crippen LogP contribution >= 0.6 is 0 Å². The molecule has 0 aliphatic carbocycles. The number of rotatable bonds is 2. The van der Waals surface area contributed by atoms with Gasteiger partial charge in [-0.2, -0.15) is 0 Å². The molecule has 4 rings (SSSR count). The monoisotopic (exact) mass is 318 g/mol. The van der Waals surface area contributed by atoms with Crippen LogP contribution < -0.4 is 10.9 Å². The zero-order valence-corrected chi connectivity index (χ0v) is 12.3. The average Bonchev–Trinajstić information content (AvgIpc) is 2.63. The quantitative estimate of drug-likeness (QED) is 0.515. The Morgan fingerprint density at radius 1 is 0.625 bits per heavy atom. The molecule has 24 heavy (non-hydrogen) atoms. The summed E-state index contributed by atoms with van der Waals surface area (Å²) in [6.45, 7) is 0. The van der Waals surface area contributed by atoms with Gasteiger partial charge < -0.3 is 8.83 Å². The second-order valence-electron chi connectivity index (χ2n) is 5.09. The third-order valence-corrected chi connectivity index (χ3v) is 3.59. The fraction of sp³-hybridized carbons (Fsp3) is 0. The molecular formula is C18H10N2O4. The van der Waals surface area contributed by atoms with Gasteiger partial charge in [0.25, 0.3) is 0 Å². The summed E-state index contributed by atoms with van der Waals surface area (Å²) in [6.07, 6.45) is 2.44. The van der Waals surface area contributed by atoms with Crippen LogP contribution in [0.5, 0.6) is 0 Å². The first-order chi connectivity index (χ1) is 11.7. The van der Waals surface area contributed by atoms with Crippen molar-refractivity contribution >= 4 is 33.3 Å². The van der Waals surface area contributed by atoms with E-state index in [-0.39, 0.29) is 22.2 Å². The molecule has 2 heterocycles. The zero-order chi connectivity index (χ0) is 16.5. The normalized spacial score (nSPS) is 11.5. The molecule has 0 radical (unpaired) electrons. The Morgan fingerprint density at radius 3 is 1.50 bits per heavy atom. The third-order valence-electron chi connectivity index (χ3n) is 3.59. The lowest BCUT2D eigenvalue weighted by Crippen LogP contribution is -2.01. The maximum absolute atomic E-state index is 12.3. The highest BCUT2D eigenvalue weighted by Gasteiger charge is 2.08. The van der Waals surface area contributed by atoms with Gasteiger partial charge in [0.2, 0.25) is 10.9 Å². The van der Waals surface area contributed by atoms with Gasteiger partial charge in [-0.3, -0.25) is 9.59 Å². The predicted octanol–water partition coefficient (Wildman–Crippen LogP) is 4.31. The van der Waals surface area contributed by atoms with Crippen LogP contribution in [0.15, 0.2) is 89.7 Å². The van der Waals surface area contributed by atoms with Crippen molar-refractivity contribution in [3.63, 3.8) is 0 Å². The molecule has 116 valence electrons. The molecule has 2 aromatic carbocycles. The van der Waals surface area contributed by atoms with Gasteiger partial charge in [0.05, 0.1) is 10.8 Å². The van der Waals surface area contributed by atoms with E-state index in [2.05, 4.69) is 10.2 Å². The standard InChI is InChI=1S/C18H10N2O4/c21-17-11-5-1-3-7-15(11)23-9-13(17)19-20-14-10-24-16-8-4-2-6-12(16)18(14)22/h1-10H. The molecule has 6 nitrogen and oxygen atoms in total. The second-order valence-corrected chi connectivity index (χ2v) is 5.09. The van der Waals surface area contributed by atoms with Crippen LogP contribution in [0, 0.1) is 0 Å². The molecule has 0 aliphatic rings. The number of benzene rings is 2. The topological polar surface area (TPSA) is 85.1 Å². The van der Waals surface area contributed by atoms with Gasteiger partial charge in [-0.05, 0) is 24.3 Å². The van der Waals surface area contributed by atoms with Crippen molar-refractivity contribution < 1.29 is 8.83 Å². The molecule has 0 N–H and O–H groups in total. The summed E-state index contributed by atoms with van der Waals surface area (Å²) in [6, 6.07) is 13.7. The molecule has 0 fully saturated rings. The molecule has 0 amide bonds. The van der Waals surface area contributed by atoms with E-state index in [1.54, 1.807) is 48.5 Å². The summed E-state index contributed by atoms with van der Waals surface area (Å²) < 4.78 is 10.7. The van der Waals surface area contributed by atoms with Crippen LogP contribution in [0.4, 0.5) is 11.4 Å². The third kappa shape index (κ3) is 2.30. The molecule has 0 unspecified atom stereocenters. The van der Waals surface area contributed by atoms with Crippen LogP contribution in [0.2, 0.25) is 0 Å². The fourth-order valence-electron chi connectivity index (χ4n) is 2.38. The van der Waals surface area contributed by atoms with Gasteiger partial charge in [-0.1, -0.05) is 24.3 Å². The van der Waals surface area contributed by atoms with Gasteiger partial charge in [0.1, 0.15) is 23.7 Å². The summed E-state index contributed by atoms with van der Waals surface area (Å²) in [4.78, 5) is 24.7. The van der Waals surface area contributed by atoms with Crippen molar-refractivity contribution in [2.24, 2.45) is 10.2 Å². The first kappa shape index (κ1) is 14.1. The Labute approximate surface area is 134 Å². The van der Waals surface area contributed by atoms with Gasteiger partial charge in [-0.25, -0.2) is 0 Å². The van der Waals surface area contributed by atoms with Crippen LogP contribution in [0.3, 0.4) is 0 Å². The lowest BCUT2D eigenvalue weighted by Gasteiger charge is -1.98. The van der Waals surface area contributed by atoms with Crippen molar-refractivity contribution in [1.29, 1.82) is 0 Å². The van der Waals surface area contributed by atoms with E-state index in [1.165, 1.54) is 12.5 Å². The van der Waals surface area contributed by atoms with E-state index in [0.717, 1.165) is 0 Å². The van der Waals surface area contributed by atoms with Crippen LogP contribution in [-0.4, -0.2) is 0 Å². The Kier molecular flexibility index (Phi) is 3.28. The Balaban J connectivity index is 1.81. The van der Waals surface area contributed by atoms with Crippen LogP contribution in [-0.2, 0) is 0 Å². The highest BCUT2D eigenvalue weighted by Crippen LogP contribution is 2.19. The molecular weight excluding hydrogens is 308 g/mol. The van der Waals surface area contributed by atoms with E-state index in [4.69, 9.17) is 8.83 Å². The molecule has 0 saturated heterocycles. The van der Waals surface area contributed by atoms with Crippen molar-refractivity contribution in [2.45, 2.75) is 0 Å². The predicted molar refractivity (Wildman–Crippen MR) is 89.1 cm³/mol. The summed E-state index contributed by atoms with van der Waals surface area (Å²) in [7, 11) is 0. The van der Waals surface area contributed by atoms with Gasteiger partial charge in [0, 0.05) is 0 Å². The molecule has 6 heteroatoms. The molecule has 0 bridgehead atoms. The number of azo groups is 1. The summed E-state index contributed by atoms with van der Waals surface area (Å²) in [5, 5.41) is 8.51. The van der Waals surface area contributed by atoms with Crippen molar-refractivity contribution in [3.05, 3.63) is 81.5 Å². The number of hydrogen-bond donors (Lipinski definition) is 0. The minimum Gasteiger partial charge on any atom is -0.462 e. The number of para-hydroxylation sites is 2. The summed E-state index contributed by atoms with van der Waals surface area (Å²) >= 11 is 0. The average molecular weight is 318 g/mol. The summed E-state index contributed by atoms with van der Waals surface area (Å²) in [5.41, 5.74) is 0.331. The highest BCUT2D eigenvalue weighted by atomic mass is 16.3. The molecule has 4 aromatic rings. The Hall–Kier alpha value is -3.54. The molecule has 0 spiro atoms. The van der Waals surface area contributed by atoms with E-state index in [1.807, 2.05) is 0 Å². The lowest BCUT2D eigenvalue weighted by molar-refractivity contribution is 0.600. The number of nitrogens with zero attached hydrogens (tertiary/aromatic N) is 2. The van der Waals surface area contributed by atoms with Gasteiger partial charge in [-0.15, -0.1) is 10.2 Å². The lowest BCUT2D eigenvalue weighted by atomic mass is 10.2. The second kappa shape index (κ2) is 5.58. The van der Waals surface area contributed by atoms with Crippen LogP contribution in [0.25, 0.3) is 21.9 Å². The number of hydrogen-bond acceptors (Lipinski definition) is 6. The SMILES string of the molecule is O=c1c(N=Nc2coc3ccccc3c2=O)coc2ccccc12. The molecule has 2 aromatic heterocycles. The number of fused-ring (bicyclic) bond motifs is 2. The largest absolute Gasteiger partial charge is 0.462 e. The minimum absolute atomic E-state index is 0.0151.